The second kappa shape index (κ2) is 9.33. The van der Waals surface area contributed by atoms with Crippen LogP contribution in [0.1, 0.15) is 44.6 Å². The molecule has 27 heavy (non-hydrogen) atoms. The van der Waals surface area contributed by atoms with Gasteiger partial charge in [-0.3, -0.25) is 4.79 Å². The average Bonchev–Trinajstić information content (AvgIpc) is 3.00. The molecule has 2 aromatic rings. The Morgan fingerprint density at radius 2 is 1.81 bits per heavy atom. The van der Waals surface area contributed by atoms with Crippen LogP contribution < -0.4 is 4.90 Å². The molecule has 0 fully saturated rings. The molecule has 1 amide bonds. The van der Waals surface area contributed by atoms with Gasteiger partial charge in [-0.05, 0) is 62.1 Å². The van der Waals surface area contributed by atoms with E-state index in [2.05, 4.69) is 6.07 Å². The molecule has 1 aromatic carbocycles. The Bertz CT molecular complexity index is 860. The molecule has 142 valence electrons. The lowest BCUT2D eigenvalue weighted by atomic mass is 10.1. The summed E-state index contributed by atoms with van der Waals surface area (Å²) < 4.78 is 5.24. The first-order valence-corrected chi connectivity index (χ1v) is 9.69. The molecule has 0 unspecified atom stereocenters. The van der Waals surface area contributed by atoms with Gasteiger partial charge >= 0.3 is 5.97 Å². The number of anilines is 1. The predicted molar refractivity (Wildman–Crippen MR) is 107 cm³/mol. The van der Waals surface area contributed by atoms with Crippen LogP contribution in [0.3, 0.4) is 0 Å². The third-order valence-corrected chi connectivity index (χ3v) is 5.50. The van der Waals surface area contributed by atoms with Crippen molar-refractivity contribution in [3.8, 4) is 6.07 Å². The fraction of sp³-hybridized carbons (Fsp3) is 0.381. The van der Waals surface area contributed by atoms with Gasteiger partial charge in [-0.2, -0.15) is 5.26 Å². The molecular formula is C21H24N2O3S. The maximum atomic E-state index is 12.7. The maximum absolute atomic E-state index is 12.7. The summed E-state index contributed by atoms with van der Waals surface area (Å²) in [6, 6.07) is 9.65. The van der Waals surface area contributed by atoms with Gasteiger partial charge < -0.3 is 9.64 Å². The van der Waals surface area contributed by atoms with Crippen molar-refractivity contribution >= 4 is 28.9 Å². The molecule has 5 nitrogen and oxygen atoms in total. The van der Waals surface area contributed by atoms with E-state index < -0.39 is 5.97 Å². The molecule has 1 heterocycles. The minimum Gasteiger partial charge on any atom is -0.451 e. The van der Waals surface area contributed by atoms with Gasteiger partial charge in [0.2, 0.25) is 0 Å². The van der Waals surface area contributed by atoms with Gasteiger partial charge in [0.1, 0.15) is 4.88 Å². The molecule has 0 aliphatic carbocycles. The van der Waals surface area contributed by atoms with E-state index in [9.17, 15) is 9.59 Å². The van der Waals surface area contributed by atoms with E-state index in [1.807, 2.05) is 45.9 Å². The van der Waals surface area contributed by atoms with Crippen LogP contribution in [-0.2, 0) is 16.0 Å². The van der Waals surface area contributed by atoms with Crippen molar-refractivity contribution in [2.24, 2.45) is 0 Å². The molecule has 0 radical (unpaired) electrons. The third-order valence-electron chi connectivity index (χ3n) is 4.14. The Morgan fingerprint density at radius 3 is 2.37 bits per heavy atom. The number of esters is 1. The molecule has 0 atom stereocenters. The normalized spacial score (nSPS) is 10.3. The van der Waals surface area contributed by atoms with E-state index in [1.54, 1.807) is 6.07 Å². The lowest BCUT2D eigenvalue weighted by Gasteiger charge is -2.22. The van der Waals surface area contributed by atoms with Gasteiger partial charge in [-0.15, -0.1) is 11.3 Å². The molecular weight excluding hydrogens is 360 g/mol. The molecule has 0 saturated carbocycles. The zero-order chi connectivity index (χ0) is 20.0. The van der Waals surface area contributed by atoms with Gasteiger partial charge in [0.05, 0.1) is 12.5 Å². The topological polar surface area (TPSA) is 70.4 Å². The molecule has 0 saturated heterocycles. The number of carbonyl (C=O) groups excluding carboxylic acids is 2. The number of nitrogens with zero attached hydrogens (tertiary/aromatic N) is 2. The summed E-state index contributed by atoms with van der Waals surface area (Å²) in [7, 11) is 0. The summed E-state index contributed by atoms with van der Waals surface area (Å²) in [6.07, 6.45) is 1.06. The Hall–Kier alpha value is -2.65. The van der Waals surface area contributed by atoms with Crippen molar-refractivity contribution in [2.45, 2.75) is 40.5 Å². The smallest absolute Gasteiger partial charge is 0.348 e. The van der Waals surface area contributed by atoms with Crippen LogP contribution >= 0.6 is 11.3 Å². The molecule has 0 aliphatic rings. The first kappa shape index (κ1) is 20.7. The van der Waals surface area contributed by atoms with E-state index in [-0.39, 0.29) is 25.5 Å². The number of thiophene rings is 1. The van der Waals surface area contributed by atoms with E-state index in [4.69, 9.17) is 10.00 Å². The lowest BCUT2D eigenvalue weighted by Crippen LogP contribution is -2.35. The number of benzene rings is 1. The van der Waals surface area contributed by atoms with Gasteiger partial charge in [-0.25, -0.2) is 4.79 Å². The van der Waals surface area contributed by atoms with E-state index >= 15 is 0 Å². The zero-order valence-electron chi connectivity index (χ0n) is 16.2. The van der Waals surface area contributed by atoms with Crippen molar-refractivity contribution in [3.05, 3.63) is 50.7 Å². The fourth-order valence-corrected chi connectivity index (χ4v) is 3.92. The van der Waals surface area contributed by atoms with Crippen LogP contribution in [0.15, 0.2) is 24.3 Å². The number of hydrogen-bond donors (Lipinski definition) is 0. The molecule has 0 aliphatic heterocycles. The van der Waals surface area contributed by atoms with Crippen LogP contribution in [0.25, 0.3) is 0 Å². The summed E-state index contributed by atoms with van der Waals surface area (Å²) in [5, 5.41) is 8.90. The summed E-state index contributed by atoms with van der Waals surface area (Å²) in [6.45, 7) is 7.81. The van der Waals surface area contributed by atoms with Crippen LogP contribution in [-0.4, -0.2) is 25.0 Å². The highest BCUT2D eigenvalue weighted by atomic mass is 32.1. The van der Waals surface area contributed by atoms with Gasteiger partial charge in [-0.1, -0.05) is 13.0 Å². The summed E-state index contributed by atoms with van der Waals surface area (Å²) in [5.74, 6) is -0.829. The highest BCUT2D eigenvalue weighted by Crippen LogP contribution is 2.23. The SMILES string of the molecule is CCc1sc(C(=O)OCC(=O)N(CCC#N)c2cc(C)cc(C)c2)cc1C. The zero-order valence-corrected chi connectivity index (χ0v) is 17.0. The molecule has 1 aromatic heterocycles. The fourth-order valence-electron chi connectivity index (χ4n) is 2.91. The minimum atomic E-state index is -0.489. The molecule has 0 bridgehead atoms. The van der Waals surface area contributed by atoms with Crippen LogP contribution in [0.4, 0.5) is 5.69 Å². The third kappa shape index (κ3) is 5.41. The van der Waals surface area contributed by atoms with E-state index in [1.165, 1.54) is 16.2 Å². The summed E-state index contributed by atoms with van der Waals surface area (Å²) in [4.78, 5) is 28.1. The minimum absolute atomic E-state index is 0.205. The number of nitriles is 1. The number of ether oxygens (including phenoxy) is 1. The standard InChI is InChI=1S/C21H24N2O3S/c1-5-18-16(4)12-19(27-18)21(25)26-13-20(24)23(8-6-7-22)17-10-14(2)9-15(3)11-17/h9-12H,5-6,8,13H2,1-4H3. The lowest BCUT2D eigenvalue weighted by molar-refractivity contribution is -0.121. The highest BCUT2D eigenvalue weighted by Gasteiger charge is 2.20. The van der Waals surface area contributed by atoms with Crippen LogP contribution in [0.5, 0.6) is 0 Å². The predicted octanol–water partition coefficient (Wildman–Crippen LogP) is 4.34. The molecule has 0 spiro atoms. The van der Waals surface area contributed by atoms with Crippen molar-refractivity contribution in [3.63, 3.8) is 0 Å². The first-order chi connectivity index (χ1) is 12.8. The first-order valence-electron chi connectivity index (χ1n) is 8.87. The van der Waals surface area contributed by atoms with E-state index in [0.717, 1.165) is 28.0 Å². The number of carbonyl (C=O) groups is 2. The summed E-state index contributed by atoms with van der Waals surface area (Å²) in [5.41, 5.74) is 3.83. The maximum Gasteiger partial charge on any atom is 0.348 e. The van der Waals surface area contributed by atoms with Crippen LogP contribution in [0.2, 0.25) is 0 Å². The Morgan fingerprint density at radius 1 is 1.15 bits per heavy atom. The van der Waals surface area contributed by atoms with Crippen molar-refractivity contribution in [1.29, 1.82) is 5.26 Å². The van der Waals surface area contributed by atoms with Crippen molar-refractivity contribution < 1.29 is 14.3 Å². The Balaban J connectivity index is 2.11. The Labute approximate surface area is 164 Å². The number of amides is 1. The van der Waals surface area contributed by atoms with Crippen molar-refractivity contribution in [2.75, 3.05) is 18.1 Å². The van der Waals surface area contributed by atoms with Gasteiger partial charge in [0.15, 0.2) is 6.61 Å². The largest absolute Gasteiger partial charge is 0.451 e. The van der Waals surface area contributed by atoms with Crippen LogP contribution in [0, 0.1) is 32.1 Å². The van der Waals surface area contributed by atoms with Gasteiger partial charge in [0, 0.05) is 17.1 Å². The average molecular weight is 385 g/mol. The molecule has 6 heteroatoms. The molecule has 2 rings (SSSR count). The second-order valence-electron chi connectivity index (χ2n) is 6.45. The highest BCUT2D eigenvalue weighted by molar-refractivity contribution is 7.14. The van der Waals surface area contributed by atoms with E-state index in [0.29, 0.717) is 10.6 Å². The molecule has 0 N–H and O–H groups in total. The van der Waals surface area contributed by atoms with Gasteiger partial charge in [0.25, 0.3) is 5.91 Å². The second-order valence-corrected chi connectivity index (χ2v) is 7.58. The summed E-state index contributed by atoms with van der Waals surface area (Å²) >= 11 is 1.40. The number of aryl methyl sites for hydroxylation is 4. The Kier molecular flexibility index (Phi) is 7.14. The monoisotopic (exact) mass is 384 g/mol. The van der Waals surface area contributed by atoms with Crippen molar-refractivity contribution in [1.82, 2.24) is 0 Å². The number of rotatable bonds is 7. The number of hydrogen-bond acceptors (Lipinski definition) is 5. The quantitative estimate of drug-likeness (QED) is 0.666.